The van der Waals surface area contributed by atoms with Crippen LogP contribution in [0.4, 0.5) is 0 Å². The molecular formula is C13H25N3. The first-order valence-electron chi connectivity index (χ1n) is 7.00. The normalized spacial score (nSPS) is 37.3. The zero-order valence-electron chi connectivity index (χ0n) is 10.5. The minimum atomic E-state index is 0.773. The first-order chi connectivity index (χ1) is 7.83. The highest BCUT2D eigenvalue weighted by Gasteiger charge is 2.34. The lowest BCUT2D eigenvalue weighted by Gasteiger charge is -2.22. The standard InChI is InChI=1S/C13H25N3/c1-15-7-2-3-13(15)9-14-11-6-8-16(10-11)12-4-5-12/h11-14H,2-10H2,1H3. The molecule has 1 aliphatic carbocycles. The number of nitrogens with zero attached hydrogens (tertiary/aromatic N) is 2. The molecule has 3 rings (SSSR count). The number of hydrogen-bond donors (Lipinski definition) is 1. The van der Waals surface area contributed by atoms with Gasteiger partial charge in [-0.3, -0.25) is 4.90 Å². The van der Waals surface area contributed by atoms with Crippen molar-refractivity contribution < 1.29 is 0 Å². The predicted octanol–water partition coefficient (Wildman–Crippen LogP) is 0.907. The fourth-order valence-corrected chi connectivity index (χ4v) is 3.27. The van der Waals surface area contributed by atoms with Crippen LogP contribution in [0.1, 0.15) is 32.1 Å². The summed E-state index contributed by atoms with van der Waals surface area (Å²) in [4.78, 5) is 5.20. The van der Waals surface area contributed by atoms with Crippen LogP contribution >= 0.6 is 0 Å². The van der Waals surface area contributed by atoms with E-state index in [-0.39, 0.29) is 0 Å². The van der Waals surface area contributed by atoms with E-state index in [1.54, 1.807) is 0 Å². The lowest BCUT2D eigenvalue weighted by molar-refractivity contribution is 0.283. The van der Waals surface area contributed by atoms with E-state index in [1.165, 1.54) is 58.3 Å². The van der Waals surface area contributed by atoms with Crippen LogP contribution in [0.25, 0.3) is 0 Å². The Morgan fingerprint density at radius 3 is 2.69 bits per heavy atom. The van der Waals surface area contributed by atoms with Crippen LogP contribution in [-0.2, 0) is 0 Å². The highest BCUT2D eigenvalue weighted by Crippen LogP contribution is 2.29. The lowest BCUT2D eigenvalue weighted by Crippen LogP contribution is -2.41. The predicted molar refractivity (Wildman–Crippen MR) is 66.7 cm³/mol. The third-order valence-electron chi connectivity index (χ3n) is 4.60. The van der Waals surface area contributed by atoms with E-state index in [2.05, 4.69) is 22.2 Å². The first-order valence-corrected chi connectivity index (χ1v) is 7.00. The minimum Gasteiger partial charge on any atom is -0.311 e. The monoisotopic (exact) mass is 223 g/mol. The highest BCUT2D eigenvalue weighted by molar-refractivity contribution is 4.92. The van der Waals surface area contributed by atoms with Gasteiger partial charge in [-0.2, -0.15) is 0 Å². The Morgan fingerprint density at radius 2 is 2.00 bits per heavy atom. The van der Waals surface area contributed by atoms with Gasteiger partial charge in [0, 0.05) is 37.8 Å². The van der Waals surface area contributed by atoms with Crippen LogP contribution in [0.3, 0.4) is 0 Å². The van der Waals surface area contributed by atoms with Crippen molar-refractivity contribution in [2.75, 3.05) is 33.2 Å². The molecule has 0 bridgehead atoms. The lowest BCUT2D eigenvalue weighted by atomic mass is 10.2. The molecule has 2 aliphatic heterocycles. The third kappa shape index (κ3) is 2.41. The summed E-state index contributed by atoms with van der Waals surface area (Å²) in [5.74, 6) is 0. The summed E-state index contributed by atoms with van der Waals surface area (Å²) in [5, 5.41) is 3.78. The van der Waals surface area contributed by atoms with Gasteiger partial charge in [-0.15, -0.1) is 0 Å². The Kier molecular flexibility index (Phi) is 3.18. The van der Waals surface area contributed by atoms with Crippen molar-refractivity contribution in [2.45, 2.75) is 50.2 Å². The summed E-state index contributed by atoms with van der Waals surface area (Å²) in [6.07, 6.45) is 7.06. The zero-order valence-corrected chi connectivity index (χ0v) is 10.5. The second kappa shape index (κ2) is 4.63. The molecule has 2 saturated heterocycles. The summed E-state index contributed by atoms with van der Waals surface area (Å²) < 4.78 is 0. The number of likely N-dealkylation sites (tertiary alicyclic amines) is 2. The molecule has 16 heavy (non-hydrogen) atoms. The summed E-state index contributed by atoms with van der Waals surface area (Å²) in [6, 6.07) is 2.53. The molecule has 3 nitrogen and oxygen atoms in total. The first kappa shape index (κ1) is 11.0. The molecule has 0 aromatic heterocycles. The molecule has 3 heteroatoms. The van der Waals surface area contributed by atoms with E-state index in [9.17, 15) is 0 Å². The molecule has 2 heterocycles. The van der Waals surface area contributed by atoms with Crippen molar-refractivity contribution in [2.24, 2.45) is 0 Å². The van der Waals surface area contributed by atoms with E-state index in [1.807, 2.05) is 0 Å². The molecule has 92 valence electrons. The van der Waals surface area contributed by atoms with Gasteiger partial charge in [-0.25, -0.2) is 0 Å². The zero-order chi connectivity index (χ0) is 11.0. The van der Waals surface area contributed by atoms with Gasteiger partial charge in [-0.05, 0) is 45.7 Å². The van der Waals surface area contributed by atoms with Crippen molar-refractivity contribution in [3.8, 4) is 0 Å². The van der Waals surface area contributed by atoms with Gasteiger partial charge in [-0.1, -0.05) is 0 Å². The van der Waals surface area contributed by atoms with Crippen LogP contribution < -0.4 is 5.32 Å². The van der Waals surface area contributed by atoms with Crippen molar-refractivity contribution in [1.82, 2.24) is 15.1 Å². The Bertz CT molecular complexity index is 239. The minimum absolute atomic E-state index is 0.773. The van der Waals surface area contributed by atoms with Crippen molar-refractivity contribution >= 4 is 0 Å². The van der Waals surface area contributed by atoms with Crippen molar-refractivity contribution in [1.29, 1.82) is 0 Å². The number of rotatable bonds is 4. The van der Waals surface area contributed by atoms with Gasteiger partial charge in [0.1, 0.15) is 0 Å². The maximum atomic E-state index is 3.78. The van der Waals surface area contributed by atoms with E-state index in [0.717, 1.165) is 18.1 Å². The van der Waals surface area contributed by atoms with Gasteiger partial charge in [0.25, 0.3) is 0 Å². The van der Waals surface area contributed by atoms with E-state index < -0.39 is 0 Å². The molecule has 2 unspecified atom stereocenters. The second-order valence-electron chi connectivity index (χ2n) is 5.90. The molecule has 0 spiro atoms. The molecule has 3 fully saturated rings. The average Bonchev–Trinajstić information content (AvgIpc) is 2.89. The third-order valence-corrected chi connectivity index (χ3v) is 4.60. The van der Waals surface area contributed by atoms with Crippen LogP contribution in [0.5, 0.6) is 0 Å². The molecule has 1 saturated carbocycles. The van der Waals surface area contributed by atoms with Crippen LogP contribution in [0, 0.1) is 0 Å². The Morgan fingerprint density at radius 1 is 1.12 bits per heavy atom. The molecule has 0 amide bonds. The van der Waals surface area contributed by atoms with Crippen LogP contribution in [0.2, 0.25) is 0 Å². The maximum absolute atomic E-state index is 3.78. The fourth-order valence-electron chi connectivity index (χ4n) is 3.27. The molecule has 0 radical (unpaired) electrons. The molecule has 0 aromatic carbocycles. The van der Waals surface area contributed by atoms with Gasteiger partial charge in [0.2, 0.25) is 0 Å². The average molecular weight is 223 g/mol. The van der Waals surface area contributed by atoms with Crippen LogP contribution in [0.15, 0.2) is 0 Å². The smallest absolute Gasteiger partial charge is 0.0218 e. The summed E-state index contributed by atoms with van der Waals surface area (Å²) in [5.41, 5.74) is 0. The molecule has 2 atom stereocenters. The van der Waals surface area contributed by atoms with Crippen molar-refractivity contribution in [3.05, 3.63) is 0 Å². The topological polar surface area (TPSA) is 18.5 Å². The number of nitrogens with one attached hydrogen (secondary N) is 1. The van der Waals surface area contributed by atoms with Crippen LogP contribution in [-0.4, -0.2) is 61.2 Å². The highest BCUT2D eigenvalue weighted by atomic mass is 15.2. The van der Waals surface area contributed by atoms with Gasteiger partial charge in [0.05, 0.1) is 0 Å². The summed E-state index contributed by atoms with van der Waals surface area (Å²) in [6.45, 7) is 5.15. The SMILES string of the molecule is CN1CCCC1CNC1CCN(C2CC2)C1. The fraction of sp³-hybridized carbons (Fsp3) is 1.00. The van der Waals surface area contributed by atoms with Gasteiger partial charge >= 0.3 is 0 Å². The van der Waals surface area contributed by atoms with E-state index >= 15 is 0 Å². The Hall–Kier alpha value is -0.120. The number of hydrogen-bond acceptors (Lipinski definition) is 3. The quantitative estimate of drug-likeness (QED) is 0.764. The van der Waals surface area contributed by atoms with E-state index in [4.69, 9.17) is 0 Å². The summed E-state index contributed by atoms with van der Waals surface area (Å²) in [7, 11) is 2.27. The molecule has 0 aromatic rings. The van der Waals surface area contributed by atoms with Crippen molar-refractivity contribution in [3.63, 3.8) is 0 Å². The van der Waals surface area contributed by atoms with Gasteiger partial charge < -0.3 is 10.2 Å². The van der Waals surface area contributed by atoms with Gasteiger partial charge in [0.15, 0.2) is 0 Å². The maximum Gasteiger partial charge on any atom is 0.0218 e. The molecule has 3 aliphatic rings. The largest absolute Gasteiger partial charge is 0.311 e. The molecule has 1 N–H and O–H groups in total. The number of likely N-dealkylation sites (N-methyl/N-ethyl adjacent to an activating group) is 1. The summed E-state index contributed by atoms with van der Waals surface area (Å²) >= 11 is 0. The second-order valence-corrected chi connectivity index (χ2v) is 5.90. The van der Waals surface area contributed by atoms with E-state index in [0.29, 0.717) is 0 Å². The Labute approximate surface area is 99.2 Å². The Balaban J connectivity index is 1.39. The molecular weight excluding hydrogens is 198 g/mol.